The number of β-lactam (4-membered cyclic amide) rings is 1. The van der Waals surface area contributed by atoms with E-state index in [0.29, 0.717) is 5.56 Å². The van der Waals surface area contributed by atoms with Crippen molar-refractivity contribution in [2.45, 2.75) is 42.0 Å². The van der Waals surface area contributed by atoms with Crippen LogP contribution in [0.3, 0.4) is 0 Å². The van der Waals surface area contributed by atoms with E-state index in [1.165, 1.54) is 28.8 Å². The number of aliphatic carboxylic acids is 2. The lowest BCUT2D eigenvalue weighted by Crippen LogP contribution is -2.71. The molecule has 0 aliphatic carbocycles. The Bertz CT molecular complexity index is 781. The molecule has 8 nitrogen and oxygen atoms in total. The number of thioether (sulfide) groups is 1. The molecule has 0 radical (unpaired) electrons. The van der Waals surface area contributed by atoms with Gasteiger partial charge in [-0.05, 0) is 19.4 Å². The normalized spacial score (nSPS) is 27.2. The first-order valence-electron chi connectivity index (χ1n) is 7.96. The molecule has 3 N–H and O–H groups in total. The number of fused-ring (bicyclic) bond motifs is 1. The quantitative estimate of drug-likeness (QED) is 0.503. The van der Waals surface area contributed by atoms with Gasteiger partial charge in [0.2, 0.25) is 11.8 Å². The molecule has 2 aliphatic rings. The molecule has 138 valence electrons. The lowest BCUT2D eigenvalue weighted by molar-refractivity contribution is -0.161. The second kappa shape index (κ2) is 6.31. The molecule has 2 heterocycles. The van der Waals surface area contributed by atoms with Crippen molar-refractivity contribution in [3.05, 3.63) is 35.9 Å². The molecule has 2 fully saturated rings. The molecular formula is C17H18N2O6S. The molecular weight excluding hydrogens is 360 g/mol. The van der Waals surface area contributed by atoms with E-state index < -0.39 is 51.9 Å². The highest BCUT2D eigenvalue weighted by Gasteiger charge is 2.64. The summed E-state index contributed by atoms with van der Waals surface area (Å²) in [5, 5.41) is 20.8. The molecule has 0 saturated carbocycles. The predicted molar refractivity (Wildman–Crippen MR) is 92.5 cm³/mol. The first-order chi connectivity index (χ1) is 12.1. The summed E-state index contributed by atoms with van der Waals surface area (Å²) in [5.74, 6) is -5.16. The van der Waals surface area contributed by atoms with E-state index in [1.807, 2.05) is 0 Å². The van der Waals surface area contributed by atoms with Gasteiger partial charge in [-0.1, -0.05) is 30.3 Å². The number of hydrogen-bond donors (Lipinski definition) is 3. The van der Waals surface area contributed by atoms with Gasteiger partial charge in [-0.25, -0.2) is 4.79 Å². The lowest BCUT2D eigenvalue weighted by atomic mass is 9.94. The van der Waals surface area contributed by atoms with Crippen molar-refractivity contribution in [3.8, 4) is 0 Å². The fourth-order valence-electron chi connectivity index (χ4n) is 3.43. The molecule has 2 aliphatic heterocycles. The van der Waals surface area contributed by atoms with Crippen LogP contribution in [0.1, 0.15) is 25.3 Å². The zero-order valence-corrected chi connectivity index (χ0v) is 14.9. The van der Waals surface area contributed by atoms with Gasteiger partial charge in [0.1, 0.15) is 17.5 Å². The van der Waals surface area contributed by atoms with Gasteiger partial charge in [0, 0.05) is 4.75 Å². The minimum Gasteiger partial charge on any atom is -0.480 e. The topological polar surface area (TPSA) is 124 Å². The Morgan fingerprint density at radius 1 is 1.19 bits per heavy atom. The molecule has 2 saturated heterocycles. The minimum atomic E-state index is -1.44. The van der Waals surface area contributed by atoms with Crippen molar-refractivity contribution in [1.82, 2.24) is 10.2 Å². The number of carbonyl (C=O) groups is 4. The van der Waals surface area contributed by atoms with Crippen LogP contribution in [-0.2, 0) is 19.2 Å². The number of nitrogens with zero attached hydrogens (tertiary/aromatic N) is 1. The summed E-state index contributed by atoms with van der Waals surface area (Å²) in [6.45, 7) is 3.45. The zero-order chi connectivity index (χ0) is 19.2. The maximum Gasteiger partial charge on any atom is 0.327 e. The number of hydrogen-bond acceptors (Lipinski definition) is 5. The largest absolute Gasteiger partial charge is 0.480 e. The van der Waals surface area contributed by atoms with Crippen molar-refractivity contribution in [2.24, 2.45) is 0 Å². The van der Waals surface area contributed by atoms with Crippen LogP contribution in [0.2, 0.25) is 0 Å². The Kier molecular flexibility index (Phi) is 4.43. The van der Waals surface area contributed by atoms with E-state index in [1.54, 1.807) is 32.0 Å². The molecule has 1 aromatic carbocycles. The molecule has 2 amide bonds. The maximum atomic E-state index is 12.5. The van der Waals surface area contributed by atoms with E-state index in [9.17, 15) is 29.4 Å². The van der Waals surface area contributed by atoms with Crippen LogP contribution in [0.4, 0.5) is 0 Å². The van der Waals surface area contributed by atoms with E-state index in [4.69, 9.17) is 0 Å². The molecule has 3 rings (SSSR count). The minimum absolute atomic E-state index is 0.309. The maximum absolute atomic E-state index is 12.5. The Balaban J connectivity index is 1.78. The second-order valence-corrected chi connectivity index (χ2v) is 8.54. The molecule has 0 spiro atoms. The number of rotatable bonds is 5. The van der Waals surface area contributed by atoms with Gasteiger partial charge in [-0.15, -0.1) is 11.8 Å². The van der Waals surface area contributed by atoms with Gasteiger partial charge in [0.25, 0.3) is 0 Å². The highest BCUT2D eigenvalue weighted by molar-refractivity contribution is 8.01. The third-order valence-corrected chi connectivity index (χ3v) is 6.19. The molecule has 0 unspecified atom stereocenters. The van der Waals surface area contributed by atoms with E-state index in [-0.39, 0.29) is 0 Å². The average molecular weight is 378 g/mol. The Hall–Kier alpha value is -2.55. The van der Waals surface area contributed by atoms with Crippen molar-refractivity contribution in [1.29, 1.82) is 0 Å². The first kappa shape index (κ1) is 18.2. The van der Waals surface area contributed by atoms with Crippen LogP contribution in [-0.4, -0.2) is 61.1 Å². The second-order valence-electron chi connectivity index (χ2n) is 6.77. The number of amides is 2. The summed E-state index contributed by atoms with van der Waals surface area (Å²) >= 11 is 1.29. The van der Waals surface area contributed by atoms with Gasteiger partial charge >= 0.3 is 11.9 Å². The molecule has 26 heavy (non-hydrogen) atoms. The third-order valence-electron chi connectivity index (χ3n) is 4.61. The molecule has 9 heteroatoms. The van der Waals surface area contributed by atoms with Gasteiger partial charge in [0.05, 0.1) is 0 Å². The smallest absolute Gasteiger partial charge is 0.327 e. The van der Waals surface area contributed by atoms with Crippen molar-refractivity contribution in [3.63, 3.8) is 0 Å². The van der Waals surface area contributed by atoms with E-state index in [0.717, 1.165) is 0 Å². The van der Waals surface area contributed by atoms with Crippen LogP contribution in [0.25, 0.3) is 0 Å². The van der Waals surface area contributed by atoms with Crippen molar-refractivity contribution in [2.75, 3.05) is 0 Å². The fourth-order valence-corrected chi connectivity index (χ4v) is 5.06. The van der Waals surface area contributed by atoms with Gasteiger partial charge < -0.3 is 20.4 Å². The van der Waals surface area contributed by atoms with E-state index in [2.05, 4.69) is 5.32 Å². The standard InChI is InChI=1S/C17H18N2O6S/c1-17(2)11(16(24)25)19-13(21)10(14(19)26-17)18-12(20)9(15(22)23)8-6-4-3-5-7-8/h3-7,9-11,14H,1-2H3,(H,18,20)(H,22,23)(H,24,25)/t9-,10+,11-,14-/m1/s1. The highest BCUT2D eigenvalue weighted by Crippen LogP contribution is 2.50. The number of benzene rings is 1. The van der Waals surface area contributed by atoms with Crippen LogP contribution in [0, 0.1) is 0 Å². The Morgan fingerprint density at radius 3 is 2.35 bits per heavy atom. The summed E-state index contributed by atoms with van der Waals surface area (Å²) in [5.41, 5.74) is 0.309. The predicted octanol–water partition coefficient (Wildman–Crippen LogP) is 0.486. The Labute approximate surface area is 153 Å². The van der Waals surface area contributed by atoms with Gasteiger partial charge in [-0.2, -0.15) is 0 Å². The summed E-state index contributed by atoms with van der Waals surface area (Å²) in [6, 6.07) is 6.10. The lowest BCUT2D eigenvalue weighted by Gasteiger charge is -2.43. The summed E-state index contributed by atoms with van der Waals surface area (Å²) in [4.78, 5) is 49.2. The fraction of sp³-hybridized carbons (Fsp3) is 0.412. The monoisotopic (exact) mass is 378 g/mol. The van der Waals surface area contributed by atoms with Gasteiger partial charge in [-0.3, -0.25) is 14.4 Å². The molecule has 0 aromatic heterocycles. The number of carboxylic acids is 2. The summed E-state index contributed by atoms with van der Waals surface area (Å²) < 4.78 is -0.711. The SMILES string of the molecule is CC1(C)S[C@@H]2[C@@H](NC(=O)[C@H](C(=O)O)c3ccccc3)C(=O)N2[C@@H]1C(=O)O. The van der Waals surface area contributed by atoms with Crippen molar-refractivity contribution < 1.29 is 29.4 Å². The molecule has 4 atom stereocenters. The molecule has 1 aromatic rings. The average Bonchev–Trinajstić information content (AvgIpc) is 2.82. The molecule has 0 bridgehead atoms. The number of carbonyl (C=O) groups excluding carboxylic acids is 2. The van der Waals surface area contributed by atoms with Crippen molar-refractivity contribution >= 4 is 35.5 Å². The van der Waals surface area contributed by atoms with Crippen LogP contribution < -0.4 is 5.32 Å². The summed E-state index contributed by atoms with van der Waals surface area (Å²) in [6.07, 6.45) is 0. The number of nitrogens with one attached hydrogen (secondary N) is 1. The Morgan fingerprint density at radius 2 is 1.81 bits per heavy atom. The van der Waals surface area contributed by atoms with Crippen LogP contribution >= 0.6 is 11.8 Å². The zero-order valence-electron chi connectivity index (χ0n) is 14.1. The van der Waals surface area contributed by atoms with Crippen LogP contribution in [0.15, 0.2) is 30.3 Å². The van der Waals surface area contributed by atoms with Gasteiger partial charge in [0.15, 0.2) is 5.92 Å². The number of carboxylic acid groups (broad SMARTS) is 2. The van der Waals surface area contributed by atoms with Crippen LogP contribution in [0.5, 0.6) is 0 Å². The van der Waals surface area contributed by atoms with E-state index >= 15 is 0 Å². The first-order valence-corrected chi connectivity index (χ1v) is 8.84. The highest BCUT2D eigenvalue weighted by atomic mass is 32.2. The third kappa shape index (κ3) is 2.82. The summed E-state index contributed by atoms with van der Waals surface area (Å²) in [7, 11) is 0.